The van der Waals surface area contributed by atoms with Crippen LogP contribution in [0.1, 0.15) is 48.0 Å². The fraction of sp³-hybridized carbons (Fsp3) is 0.706. The maximum Gasteiger partial charge on any atom is 0.220 e. The number of ether oxygens (including phenoxy) is 1. The van der Waals surface area contributed by atoms with E-state index in [2.05, 4.69) is 22.3 Å². The van der Waals surface area contributed by atoms with E-state index >= 15 is 0 Å². The lowest BCUT2D eigenvalue weighted by molar-refractivity contribution is -0.121. The molecule has 0 saturated carbocycles. The number of hydrogen-bond acceptors (Lipinski definition) is 4. The molecule has 2 saturated heterocycles. The summed E-state index contributed by atoms with van der Waals surface area (Å²) in [5, 5.41) is 2.73. The molecule has 1 atom stereocenters. The van der Waals surface area contributed by atoms with Gasteiger partial charge in [0.1, 0.15) is 0 Å². The molecule has 22 heavy (non-hydrogen) atoms. The van der Waals surface area contributed by atoms with E-state index in [4.69, 9.17) is 4.74 Å². The van der Waals surface area contributed by atoms with E-state index in [0.717, 1.165) is 39.1 Å². The molecule has 0 spiro atoms. The first-order chi connectivity index (χ1) is 10.7. The number of carbonyl (C=O) groups is 1. The van der Waals surface area contributed by atoms with Gasteiger partial charge in [-0.1, -0.05) is 0 Å². The number of nitrogens with zero attached hydrogens (tertiary/aromatic N) is 1. The van der Waals surface area contributed by atoms with Gasteiger partial charge in [-0.05, 0) is 56.8 Å². The second-order valence-corrected chi connectivity index (χ2v) is 7.60. The van der Waals surface area contributed by atoms with E-state index in [1.165, 1.54) is 22.6 Å². The highest BCUT2D eigenvalue weighted by molar-refractivity contribution is 7.12. The lowest BCUT2D eigenvalue weighted by Gasteiger charge is -2.31. The second kappa shape index (κ2) is 7.57. The van der Waals surface area contributed by atoms with Gasteiger partial charge in [-0.15, -0.1) is 11.3 Å². The first-order valence-electron chi connectivity index (χ1n) is 8.37. The molecular formula is C17H26N2O2S. The van der Waals surface area contributed by atoms with Crippen LogP contribution in [0.15, 0.2) is 12.1 Å². The van der Waals surface area contributed by atoms with E-state index in [0.29, 0.717) is 18.4 Å². The topological polar surface area (TPSA) is 41.6 Å². The quantitative estimate of drug-likeness (QED) is 0.906. The molecule has 3 heterocycles. The van der Waals surface area contributed by atoms with E-state index in [1.54, 1.807) is 7.05 Å². The third kappa shape index (κ3) is 4.09. The van der Waals surface area contributed by atoms with Crippen molar-refractivity contribution in [3.05, 3.63) is 21.9 Å². The second-order valence-electron chi connectivity index (χ2n) is 6.40. The fourth-order valence-electron chi connectivity index (χ4n) is 3.39. The lowest BCUT2D eigenvalue weighted by Crippen LogP contribution is -2.34. The van der Waals surface area contributed by atoms with Crippen molar-refractivity contribution >= 4 is 17.2 Å². The number of thiophene rings is 1. The van der Waals surface area contributed by atoms with Crippen molar-refractivity contribution in [2.45, 2.75) is 44.8 Å². The van der Waals surface area contributed by atoms with Gasteiger partial charge in [0.05, 0.1) is 6.10 Å². The molecule has 3 rings (SSSR count). The molecule has 2 fully saturated rings. The van der Waals surface area contributed by atoms with Crippen molar-refractivity contribution < 1.29 is 9.53 Å². The minimum Gasteiger partial charge on any atom is -0.373 e. The summed E-state index contributed by atoms with van der Waals surface area (Å²) >= 11 is 1.91. The van der Waals surface area contributed by atoms with Crippen molar-refractivity contribution in [2.75, 3.05) is 26.7 Å². The molecule has 0 unspecified atom stereocenters. The highest BCUT2D eigenvalue weighted by Crippen LogP contribution is 2.34. The number of amides is 1. The first-order valence-corrected chi connectivity index (χ1v) is 9.19. The Morgan fingerprint density at radius 3 is 2.86 bits per heavy atom. The van der Waals surface area contributed by atoms with E-state index < -0.39 is 0 Å². The molecule has 122 valence electrons. The summed E-state index contributed by atoms with van der Waals surface area (Å²) in [7, 11) is 1.72. The molecule has 2 aliphatic rings. The number of rotatable bonds is 5. The monoisotopic (exact) mass is 322 g/mol. The highest BCUT2D eigenvalue weighted by Gasteiger charge is 2.23. The van der Waals surface area contributed by atoms with Crippen LogP contribution in [0.3, 0.4) is 0 Å². The number of likely N-dealkylation sites (tertiary alicyclic amines) is 1. The molecule has 1 aromatic rings. The van der Waals surface area contributed by atoms with Crippen LogP contribution < -0.4 is 5.32 Å². The van der Waals surface area contributed by atoms with Crippen molar-refractivity contribution in [1.29, 1.82) is 0 Å². The minimum atomic E-state index is 0.179. The number of nitrogens with one attached hydrogen (secondary N) is 1. The van der Waals surface area contributed by atoms with Crippen molar-refractivity contribution in [3.63, 3.8) is 0 Å². The first kappa shape index (κ1) is 16.0. The van der Waals surface area contributed by atoms with Crippen molar-refractivity contribution in [1.82, 2.24) is 10.2 Å². The Bertz CT molecular complexity index is 489. The van der Waals surface area contributed by atoms with Crippen LogP contribution in [-0.2, 0) is 16.1 Å². The van der Waals surface area contributed by atoms with Gasteiger partial charge < -0.3 is 10.1 Å². The summed E-state index contributed by atoms with van der Waals surface area (Å²) < 4.78 is 5.76. The van der Waals surface area contributed by atoms with Gasteiger partial charge in [-0.25, -0.2) is 0 Å². The van der Waals surface area contributed by atoms with Crippen LogP contribution in [0.4, 0.5) is 0 Å². The Kier molecular flexibility index (Phi) is 5.50. The van der Waals surface area contributed by atoms with Crippen LogP contribution in [0.25, 0.3) is 0 Å². The molecule has 5 heteroatoms. The normalized spacial score (nSPS) is 23.8. The average molecular weight is 322 g/mol. The minimum absolute atomic E-state index is 0.179. The largest absolute Gasteiger partial charge is 0.373 e. The molecule has 2 aliphatic heterocycles. The summed E-state index contributed by atoms with van der Waals surface area (Å²) in [5.74, 6) is 0.736. The van der Waals surface area contributed by atoms with Gasteiger partial charge in [-0.2, -0.15) is 0 Å². The van der Waals surface area contributed by atoms with Crippen molar-refractivity contribution in [3.8, 4) is 0 Å². The molecule has 0 bridgehead atoms. The number of hydrogen-bond donors (Lipinski definition) is 1. The van der Waals surface area contributed by atoms with Crippen molar-refractivity contribution in [2.24, 2.45) is 5.92 Å². The molecule has 1 N–H and O–H groups in total. The summed E-state index contributed by atoms with van der Waals surface area (Å²) in [4.78, 5) is 16.8. The molecule has 0 aliphatic carbocycles. The van der Waals surface area contributed by atoms with Gasteiger partial charge >= 0.3 is 0 Å². The molecule has 1 aromatic heterocycles. The zero-order chi connectivity index (χ0) is 15.4. The lowest BCUT2D eigenvalue weighted by atomic mass is 9.93. The predicted octanol–water partition coefficient (Wildman–Crippen LogP) is 2.95. The maximum absolute atomic E-state index is 11.4. The Morgan fingerprint density at radius 1 is 1.36 bits per heavy atom. The van der Waals surface area contributed by atoms with Crippen LogP contribution in [0, 0.1) is 5.92 Å². The molecule has 1 amide bonds. The Morgan fingerprint density at radius 2 is 2.18 bits per heavy atom. The zero-order valence-electron chi connectivity index (χ0n) is 13.3. The fourth-order valence-corrected chi connectivity index (χ4v) is 4.53. The summed E-state index contributed by atoms with van der Waals surface area (Å²) in [5.41, 5.74) is 0. The van der Waals surface area contributed by atoms with Gasteiger partial charge in [0.25, 0.3) is 0 Å². The molecule has 4 nitrogen and oxygen atoms in total. The number of carbonyl (C=O) groups excluding carboxylic acids is 1. The van der Waals surface area contributed by atoms with Crippen LogP contribution in [0.5, 0.6) is 0 Å². The summed E-state index contributed by atoms with van der Waals surface area (Å²) in [6.07, 6.45) is 5.67. The highest BCUT2D eigenvalue weighted by atomic mass is 32.1. The van der Waals surface area contributed by atoms with Gasteiger partial charge in [-0.3, -0.25) is 9.69 Å². The third-order valence-corrected chi connectivity index (χ3v) is 5.93. The van der Waals surface area contributed by atoms with Crippen LogP contribution >= 0.6 is 11.3 Å². The zero-order valence-corrected chi connectivity index (χ0v) is 14.2. The smallest absolute Gasteiger partial charge is 0.220 e. The molecule has 0 radical (unpaired) electrons. The summed E-state index contributed by atoms with van der Waals surface area (Å²) in [6, 6.07) is 4.51. The Balaban J connectivity index is 1.45. The van der Waals surface area contributed by atoms with Crippen LogP contribution in [0.2, 0.25) is 0 Å². The van der Waals surface area contributed by atoms with E-state index in [9.17, 15) is 4.79 Å². The molecular weight excluding hydrogens is 296 g/mol. The Labute approximate surface area is 136 Å². The summed E-state index contributed by atoms with van der Waals surface area (Å²) in [6.45, 7) is 4.17. The standard InChI is InChI=1S/C17H26N2O2S/c1-18-17(20)11-13-6-8-19(9-7-13)12-14-4-5-16(22-14)15-3-2-10-21-15/h4-5,13,15H,2-3,6-12H2,1H3,(H,18,20)/t15-/m0/s1. The SMILES string of the molecule is CNC(=O)CC1CCN(Cc2ccc([C@@H]3CCCO3)s2)CC1. The Hall–Kier alpha value is -0.910. The average Bonchev–Trinajstić information content (AvgIpc) is 3.20. The van der Waals surface area contributed by atoms with Crippen LogP contribution in [-0.4, -0.2) is 37.6 Å². The van der Waals surface area contributed by atoms with E-state index in [1.807, 2.05) is 11.3 Å². The van der Waals surface area contributed by atoms with E-state index in [-0.39, 0.29) is 5.91 Å². The predicted molar refractivity (Wildman–Crippen MR) is 88.9 cm³/mol. The number of piperidine rings is 1. The van der Waals surface area contributed by atoms with Gasteiger partial charge in [0, 0.05) is 36.4 Å². The molecule has 0 aromatic carbocycles. The van der Waals surface area contributed by atoms with Gasteiger partial charge in [0.2, 0.25) is 5.91 Å². The third-order valence-electron chi connectivity index (χ3n) is 4.77. The maximum atomic E-state index is 11.4. The van der Waals surface area contributed by atoms with Gasteiger partial charge in [0.15, 0.2) is 0 Å².